The molecule has 0 bridgehead atoms. The van der Waals surface area contributed by atoms with Crippen LogP contribution in [0.25, 0.3) is 0 Å². The van der Waals surface area contributed by atoms with Crippen molar-refractivity contribution in [2.45, 2.75) is 19.1 Å². The van der Waals surface area contributed by atoms with Crippen molar-refractivity contribution in [1.29, 1.82) is 4.61 Å². The minimum atomic E-state index is -0.397. The number of nitrogens with zero attached hydrogens (tertiary/aromatic N) is 1. The Bertz CT molecular complexity index is 90.7. The molecule has 0 aliphatic rings. The molecular formula is C3H7INS-. The van der Waals surface area contributed by atoms with Crippen molar-refractivity contribution in [2.24, 2.45) is 0 Å². The van der Waals surface area contributed by atoms with Crippen LogP contribution in [0.5, 0.6) is 0 Å². The van der Waals surface area contributed by atoms with Crippen LogP contribution in [-0.2, 0) is 7.70 Å². The van der Waals surface area contributed by atoms with E-state index in [1.807, 2.05) is 35.1 Å². The van der Waals surface area contributed by atoms with Crippen molar-refractivity contribution in [2.75, 3.05) is 0 Å². The summed E-state index contributed by atoms with van der Waals surface area (Å²) in [6, 6.07) is 0. The van der Waals surface area contributed by atoms with Gasteiger partial charge in [0.15, 0.2) is 0 Å². The van der Waals surface area contributed by atoms with Crippen LogP contribution in [0.3, 0.4) is 0 Å². The summed E-state index contributed by atoms with van der Waals surface area (Å²) in [6.45, 7) is 3.99. The van der Waals surface area contributed by atoms with Crippen LogP contribution in [0, 0.1) is 4.61 Å². The molecule has 0 amide bonds. The monoisotopic (exact) mass is 216 g/mol. The normalized spacial score (nSPS) is 10.7. The third-order valence-electron chi connectivity index (χ3n) is 0.389. The number of halogens is 1. The average molecular weight is 216 g/mol. The van der Waals surface area contributed by atoms with Crippen LogP contribution in [0.2, 0.25) is 0 Å². The summed E-state index contributed by atoms with van der Waals surface area (Å²) in [5.41, 5.74) is 0. The van der Waals surface area contributed by atoms with Gasteiger partial charge >= 0.3 is 0 Å². The predicted octanol–water partition coefficient (Wildman–Crippen LogP) is 1.84. The zero-order valence-corrected chi connectivity index (χ0v) is 6.78. The topological polar surface area (TPSA) is 23.8 Å². The Morgan fingerprint density at radius 1 is 1.67 bits per heavy atom. The zero-order chi connectivity index (χ0) is 5.15. The highest BCUT2D eigenvalue weighted by Crippen LogP contribution is 1.99. The number of hydrogen-bond donors (Lipinski definition) is 0. The van der Waals surface area contributed by atoms with E-state index < -0.39 is 7.70 Å². The minimum Gasteiger partial charge on any atom is -0.421 e. The van der Waals surface area contributed by atoms with Gasteiger partial charge in [-0.15, -0.1) is 0 Å². The molecule has 0 fully saturated rings. The first-order valence-electron chi connectivity index (χ1n) is 1.73. The van der Waals surface area contributed by atoms with Crippen LogP contribution in [0.4, 0.5) is 0 Å². The maximum Gasteiger partial charge on any atom is -0.0794 e. The Kier molecular flexibility index (Phi) is 3.26. The van der Waals surface area contributed by atoms with Crippen LogP contribution in [0.15, 0.2) is 0 Å². The first-order valence-corrected chi connectivity index (χ1v) is 5.51. The van der Waals surface area contributed by atoms with E-state index in [9.17, 15) is 0 Å². The molecule has 6 heavy (non-hydrogen) atoms. The van der Waals surface area contributed by atoms with Crippen LogP contribution in [-0.4, -0.2) is 5.25 Å². The van der Waals surface area contributed by atoms with Crippen molar-refractivity contribution in [3.8, 4) is 0 Å². The summed E-state index contributed by atoms with van der Waals surface area (Å²) in [6.07, 6.45) is 0. The maximum atomic E-state index is 8.64. The summed E-state index contributed by atoms with van der Waals surface area (Å²) in [5, 5.41) is 0.422. The van der Waals surface area contributed by atoms with Gasteiger partial charge in [-0.05, 0) is 0 Å². The van der Waals surface area contributed by atoms with Gasteiger partial charge in [-0.3, -0.25) is 7.70 Å². The number of rotatable bonds is 0. The van der Waals surface area contributed by atoms with Gasteiger partial charge in [0.05, 0.1) is 0 Å². The molecule has 0 unspecified atom stereocenters. The Balaban J connectivity index is 3.36. The molecule has 0 aliphatic heterocycles. The Morgan fingerprint density at radius 3 is 1.83 bits per heavy atom. The van der Waals surface area contributed by atoms with E-state index >= 15 is 0 Å². The van der Waals surface area contributed by atoms with Crippen molar-refractivity contribution >= 4 is 28.9 Å². The van der Waals surface area contributed by atoms with E-state index in [0.717, 1.165) is 0 Å². The van der Waals surface area contributed by atoms with E-state index in [0.29, 0.717) is 5.25 Å². The van der Waals surface area contributed by atoms with Gasteiger partial charge in [-0.25, -0.2) is 21.2 Å². The highest BCUT2D eigenvalue weighted by Gasteiger charge is 1.75. The fourth-order valence-electron chi connectivity index (χ4n) is 0. The molecule has 0 saturated heterocycles. The zero-order valence-electron chi connectivity index (χ0n) is 3.81. The van der Waals surface area contributed by atoms with E-state index in [4.69, 9.17) is 4.61 Å². The van der Waals surface area contributed by atoms with E-state index in [-0.39, 0.29) is 0 Å². The fraction of sp³-hybridized carbons (Fsp3) is 1.00. The summed E-state index contributed by atoms with van der Waals surface area (Å²) in [7, 11) is -0.397. The van der Waals surface area contributed by atoms with Gasteiger partial charge in [0.25, 0.3) is 0 Å². The van der Waals surface area contributed by atoms with E-state index in [2.05, 4.69) is 0 Å². The summed E-state index contributed by atoms with van der Waals surface area (Å²) < 4.78 is 8.64. The molecule has 38 valence electrons. The minimum absolute atomic E-state index is 0.397. The Hall–Kier alpha value is 0.790. The third kappa shape index (κ3) is 3.00. The van der Waals surface area contributed by atoms with E-state index in [1.165, 1.54) is 0 Å². The molecule has 0 atom stereocenters. The molecule has 3 heteroatoms. The summed E-state index contributed by atoms with van der Waals surface area (Å²) in [4.78, 5) is 0. The Labute approximate surface area is 52.7 Å². The van der Waals surface area contributed by atoms with Crippen molar-refractivity contribution in [3.05, 3.63) is 0 Å². The molecular weight excluding hydrogens is 209 g/mol. The highest BCUT2D eigenvalue weighted by atomic mass is 127. The molecule has 0 saturated carbocycles. The lowest BCUT2D eigenvalue weighted by atomic mass is 10.6. The van der Waals surface area contributed by atoms with Crippen LogP contribution < -0.4 is 0 Å². The second-order valence-electron chi connectivity index (χ2n) is 1.31. The molecule has 0 rings (SSSR count). The lowest BCUT2D eigenvalue weighted by Gasteiger charge is -2.05. The maximum absolute atomic E-state index is 8.64. The van der Waals surface area contributed by atoms with Gasteiger partial charge < -0.3 is 4.61 Å². The molecule has 0 aromatic heterocycles. The second kappa shape index (κ2) is 2.88. The van der Waals surface area contributed by atoms with Gasteiger partial charge in [0.1, 0.15) is 0 Å². The second-order valence-corrected chi connectivity index (χ2v) is 5.49. The lowest BCUT2D eigenvalue weighted by molar-refractivity contribution is 1.11. The smallest absolute Gasteiger partial charge is 0.0794 e. The molecule has 0 aromatic carbocycles. The fourth-order valence-corrected chi connectivity index (χ4v) is 0. The van der Waals surface area contributed by atoms with Gasteiger partial charge in [0.2, 0.25) is 0 Å². The molecule has 1 nitrogen and oxygen atoms in total. The summed E-state index contributed by atoms with van der Waals surface area (Å²) >= 11 is 2.02. The molecule has 0 spiro atoms. The van der Waals surface area contributed by atoms with Crippen LogP contribution >= 0.6 is 21.2 Å². The SMILES string of the molecule is CC(C)[S-](#N)I. The lowest BCUT2D eigenvalue weighted by Crippen LogP contribution is -1.91. The van der Waals surface area contributed by atoms with Gasteiger partial charge in [-0.1, -0.05) is 19.1 Å². The standard InChI is InChI=1S/C3H7INS/c1-3(2)6(4)5/h3H,1-2H3/q-1. The van der Waals surface area contributed by atoms with Crippen molar-refractivity contribution < 1.29 is 0 Å². The highest BCUT2D eigenvalue weighted by molar-refractivity contribution is 14.2. The molecule has 0 aliphatic carbocycles. The largest absolute Gasteiger partial charge is 0.421 e. The first kappa shape index (κ1) is 6.79. The quantitative estimate of drug-likeness (QED) is 0.447. The molecule has 0 aromatic rings. The molecule has 0 heterocycles. The predicted molar refractivity (Wildman–Crippen MR) is 38.2 cm³/mol. The summed E-state index contributed by atoms with van der Waals surface area (Å²) in [5.74, 6) is 0. The van der Waals surface area contributed by atoms with Crippen molar-refractivity contribution in [1.82, 2.24) is 0 Å². The average Bonchev–Trinajstić information content (AvgIpc) is 1.36. The third-order valence-corrected chi connectivity index (χ3v) is 4.22. The first-order chi connectivity index (χ1) is 2.64. The van der Waals surface area contributed by atoms with Gasteiger partial charge in [0, 0.05) is 0 Å². The molecule has 0 radical (unpaired) electrons. The van der Waals surface area contributed by atoms with Crippen LogP contribution in [0.1, 0.15) is 13.8 Å². The van der Waals surface area contributed by atoms with E-state index in [1.54, 1.807) is 0 Å². The van der Waals surface area contributed by atoms with Gasteiger partial charge in [-0.2, -0.15) is 0 Å². The number of hydrogen-bond acceptors (Lipinski definition) is 2. The molecule has 0 N–H and O–H groups in total. The van der Waals surface area contributed by atoms with Crippen molar-refractivity contribution in [3.63, 3.8) is 0 Å². The Morgan fingerprint density at radius 2 is 1.83 bits per heavy atom.